The molecule has 0 radical (unpaired) electrons. The van der Waals surface area contributed by atoms with E-state index in [2.05, 4.69) is 19.9 Å². The number of alkyl halides is 1. The zero-order valence-electron chi connectivity index (χ0n) is 17.7. The molecule has 1 aliphatic carbocycles. The van der Waals surface area contributed by atoms with Crippen molar-refractivity contribution in [3.8, 4) is 6.07 Å². The van der Waals surface area contributed by atoms with Crippen molar-refractivity contribution >= 4 is 43.5 Å². The van der Waals surface area contributed by atoms with Gasteiger partial charge in [0, 0.05) is 6.04 Å². The second-order valence-electron chi connectivity index (χ2n) is 8.29. The van der Waals surface area contributed by atoms with Crippen LogP contribution in [0.5, 0.6) is 0 Å². The summed E-state index contributed by atoms with van der Waals surface area (Å²) in [6.07, 6.45) is -5.11. The van der Waals surface area contributed by atoms with E-state index in [0.717, 1.165) is 4.68 Å². The van der Waals surface area contributed by atoms with Gasteiger partial charge in [0.2, 0.25) is 0 Å². The molecule has 2 aliphatic rings. The summed E-state index contributed by atoms with van der Waals surface area (Å²) in [5.74, 6) is -1.43. The molecule has 1 saturated carbocycles. The Balaban J connectivity index is 1.58. The molecular weight excluding hydrogens is 535 g/mol. The predicted molar refractivity (Wildman–Crippen MR) is 117 cm³/mol. The predicted octanol–water partition coefficient (Wildman–Crippen LogP) is 0.825. The first kappa shape index (κ1) is 26.4. The molecule has 35 heavy (non-hydrogen) atoms. The molecule has 14 nitrogen and oxygen atoms in total. The molecule has 192 valence electrons. The van der Waals surface area contributed by atoms with Crippen molar-refractivity contribution in [2.24, 2.45) is 0 Å². The molecule has 0 bridgehead atoms. The van der Waals surface area contributed by atoms with Gasteiger partial charge in [-0.25, -0.2) is 14.1 Å². The highest BCUT2D eigenvalue weighted by molar-refractivity contribution is 7.70. The van der Waals surface area contributed by atoms with Crippen molar-refractivity contribution in [1.29, 1.82) is 5.26 Å². The minimum absolute atomic E-state index is 0.0176. The highest BCUT2D eigenvalue weighted by atomic mass is 35.5. The normalized spacial score (nSPS) is 30.6. The maximum atomic E-state index is 13.3. The van der Waals surface area contributed by atoms with Gasteiger partial charge in [-0.05, 0) is 12.8 Å². The van der Waals surface area contributed by atoms with E-state index < -0.39 is 58.4 Å². The molecule has 6 N–H and O–H groups in total. The summed E-state index contributed by atoms with van der Waals surface area (Å²) in [4.78, 5) is 31.5. The second kappa shape index (κ2) is 9.64. The van der Waals surface area contributed by atoms with E-state index in [0.29, 0.717) is 5.39 Å². The molecule has 2 fully saturated rings. The highest BCUT2D eigenvalue weighted by Crippen LogP contribution is 2.55. The average Bonchev–Trinajstić information content (AvgIpc) is 3.25. The fourth-order valence-electron chi connectivity index (χ4n) is 3.87. The van der Waals surface area contributed by atoms with Crippen LogP contribution >= 0.6 is 26.8 Å². The van der Waals surface area contributed by atoms with Gasteiger partial charge in [0.15, 0.2) is 22.9 Å². The van der Waals surface area contributed by atoms with E-state index in [1.807, 2.05) is 6.07 Å². The molecule has 18 heteroatoms. The van der Waals surface area contributed by atoms with Crippen molar-refractivity contribution in [2.75, 3.05) is 17.8 Å². The monoisotopic (exact) mass is 555 g/mol. The lowest BCUT2D eigenvalue weighted by atomic mass is 9.90. The summed E-state index contributed by atoms with van der Waals surface area (Å²) in [6, 6.07) is 1.70. The number of halogens is 2. The second-order valence-corrected chi connectivity index (χ2v) is 12.6. The molecular formula is C17H21ClFN5O9P2. The average molecular weight is 556 g/mol. The lowest BCUT2D eigenvalue weighted by Crippen LogP contribution is -2.36. The first-order valence-electron chi connectivity index (χ1n) is 10.2. The minimum Gasteiger partial charge on any atom is -0.387 e. The number of aliphatic hydroxyl groups excluding tert-OH is 2. The molecule has 0 spiro atoms. The van der Waals surface area contributed by atoms with Gasteiger partial charge in [-0.15, -0.1) is 0 Å². The van der Waals surface area contributed by atoms with E-state index in [-0.39, 0.29) is 40.9 Å². The van der Waals surface area contributed by atoms with Crippen LogP contribution in [0.3, 0.4) is 0 Å². The first-order valence-corrected chi connectivity index (χ1v) is 14.1. The van der Waals surface area contributed by atoms with Crippen LogP contribution in [-0.2, 0) is 18.4 Å². The summed E-state index contributed by atoms with van der Waals surface area (Å²) in [7, 11) is -9.58. The maximum absolute atomic E-state index is 13.3. The highest BCUT2D eigenvalue weighted by Gasteiger charge is 2.46. The zero-order valence-corrected chi connectivity index (χ0v) is 20.2. The van der Waals surface area contributed by atoms with Gasteiger partial charge in [0.05, 0.1) is 23.9 Å². The van der Waals surface area contributed by atoms with Crippen LogP contribution in [0.2, 0.25) is 5.15 Å². The first-order chi connectivity index (χ1) is 16.3. The number of pyridine rings is 1. The molecule has 2 aromatic heterocycles. The molecule has 0 aromatic carbocycles. The number of anilines is 1. The fourth-order valence-corrected chi connectivity index (χ4v) is 6.66. The van der Waals surface area contributed by atoms with Gasteiger partial charge < -0.3 is 39.5 Å². The quantitative estimate of drug-likeness (QED) is 0.196. The van der Waals surface area contributed by atoms with E-state index in [9.17, 15) is 33.9 Å². The van der Waals surface area contributed by atoms with E-state index in [1.165, 1.54) is 6.20 Å². The van der Waals surface area contributed by atoms with Crippen molar-refractivity contribution in [3.63, 3.8) is 0 Å². The summed E-state index contributed by atoms with van der Waals surface area (Å²) in [5.41, 5.74) is 0.362. The molecule has 1 aliphatic heterocycles. The van der Waals surface area contributed by atoms with Crippen LogP contribution in [0.4, 0.5) is 10.1 Å². The Bertz CT molecular complexity index is 1260. The summed E-state index contributed by atoms with van der Waals surface area (Å²) < 4.78 is 47.5. The Morgan fingerprint density at radius 2 is 2.00 bits per heavy atom. The van der Waals surface area contributed by atoms with E-state index in [1.54, 1.807) is 0 Å². The third-order valence-electron chi connectivity index (χ3n) is 5.62. The number of aromatic nitrogens is 3. The molecule has 0 amide bonds. The Hall–Kier alpha value is -1.69. The number of ether oxygens (including phenoxy) is 1. The van der Waals surface area contributed by atoms with Gasteiger partial charge in [0.25, 0.3) is 0 Å². The van der Waals surface area contributed by atoms with Crippen LogP contribution in [0.15, 0.2) is 6.20 Å². The zero-order chi connectivity index (χ0) is 25.7. The molecule has 4 rings (SSSR count). The third-order valence-corrected chi connectivity index (χ3v) is 9.35. The Kier molecular flexibility index (Phi) is 7.27. The SMILES string of the molecule is N#Cc1c(Cl)nc2c(cnn2[C@@H]2O[C@H](COP(=O)(O)CP(=O)(O)O)[C@@H](O)[C@H]2O)c1NC1CC(F)C1. The smallest absolute Gasteiger partial charge is 0.340 e. The Labute approximate surface area is 201 Å². The van der Waals surface area contributed by atoms with Crippen LogP contribution < -0.4 is 5.32 Å². The van der Waals surface area contributed by atoms with Crippen molar-refractivity contribution in [3.05, 3.63) is 16.9 Å². The number of fused-ring (bicyclic) bond motifs is 1. The van der Waals surface area contributed by atoms with E-state index >= 15 is 0 Å². The lowest BCUT2D eigenvalue weighted by Gasteiger charge is -2.31. The molecule has 5 atom stereocenters. The molecule has 1 unspecified atom stereocenters. The van der Waals surface area contributed by atoms with Crippen LogP contribution in [0.25, 0.3) is 11.0 Å². The number of nitrogens with zero attached hydrogens (tertiary/aromatic N) is 4. The number of rotatable bonds is 8. The fraction of sp³-hybridized carbons (Fsp3) is 0.588. The Morgan fingerprint density at radius 1 is 1.31 bits per heavy atom. The van der Waals surface area contributed by atoms with Crippen molar-refractivity contribution in [1.82, 2.24) is 14.8 Å². The van der Waals surface area contributed by atoms with E-state index in [4.69, 9.17) is 26.1 Å². The van der Waals surface area contributed by atoms with Gasteiger partial charge >= 0.3 is 15.2 Å². The maximum Gasteiger partial charge on any atom is 0.340 e. The van der Waals surface area contributed by atoms with Crippen molar-refractivity contribution in [2.45, 2.75) is 49.6 Å². The van der Waals surface area contributed by atoms with Crippen LogP contribution in [0, 0.1) is 11.3 Å². The molecule has 1 saturated heterocycles. The summed E-state index contributed by atoms with van der Waals surface area (Å²) >= 11 is 6.18. The van der Waals surface area contributed by atoms with Crippen LogP contribution in [-0.4, -0.2) is 82.7 Å². The number of hydrogen-bond donors (Lipinski definition) is 6. The number of nitriles is 1. The topological polar surface area (TPSA) is 220 Å². The number of aliphatic hydroxyl groups is 2. The lowest BCUT2D eigenvalue weighted by molar-refractivity contribution is -0.0541. The van der Waals surface area contributed by atoms with Gasteiger partial charge in [-0.1, -0.05) is 11.6 Å². The largest absolute Gasteiger partial charge is 0.387 e. The van der Waals surface area contributed by atoms with Gasteiger partial charge in [-0.3, -0.25) is 9.13 Å². The molecule has 3 heterocycles. The minimum atomic E-state index is -4.86. The van der Waals surface area contributed by atoms with Crippen molar-refractivity contribution < 1.29 is 47.7 Å². The number of nitrogens with one attached hydrogen (secondary N) is 1. The third kappa shape index (κ3) is 5.52. The summed E-state index contributed by atoms with van der Waals surface area (Å²) in [5, 5.41) is 37.7. The molecule has 2 aromatic rings. The Morgan fingerprint density at radius 3 is 2.60 bits per heavy atom. The van der Waals surface area contributed by atoms with Gasteiger partial charge in [0.1, 0.15) is 36.1 Å². The van der Waals surface area contributed by atoms with Crippen LogP contribution in [0.1, 0.15) is 24.6 Å². The van der Waals surface area contributed by atoms with Gasteiger partial charge in [-0.2, -0.15) is 10.4 Å². The number of hydrogen-bond acceptors (Lipinski definition) is 10. The standard InChI is InChI=1S/C17H21ClFN5O9P2/c18-15-9(3-20)12(22-8-1-7(19)2-8)10-4-21-24(16(10)23-15)17-14(26)13(25)11(33-17)5-32-35(30,31)6-34(27,28)29/h4,7-8,11,13-14,17,25-26H,1-2,5-6H2,(H,22,23)(H,30,31)(H2,27,28,29)/t7?,8?,11-,13-,14-,17-/m1/s1. The summed E-state index contributed by atoms with van der Waals surface area (Å²) in [6.45, 7) is -0.770.